The summed E-state index contributed by atoms with van der Waals surface area (Å²) < 4.78 is 0.370. The third kappa shape index (κ3) is 7.14. The molecule has 1 rings (SSSR count). The maximum atomic E-state index is 12.8. The zero-order valence-electron chi connectivity index (χ0n) is 15.6. The fourth-order valence-electron chi connectivity index (χ4n) is 2.17. The molecular weight excluding hydrogens is 402 g/mol. The molecule has 1 amide bonds. The highest BCUT2D eigenvalue weighted by Gasteiger charge is 2.22. The molecular formula is C20H24ClNO3S2. The number of nitrogens with zero attached hydrogens (tertiary/aromatic N) is 1. The van der Waals surface area contributed by atoms with Gasteiger partial charge in [0.1, 0.15) is 5.76 Å². The van der Waals surface area contributed by atoms with Crippen LogP contribution in [0.1, 0.15) is 19.4 Å². The molecule has 0 aliphatic heterocycles. The van der Waals surface area contributed by atoms with Gasteiger partial charge in [0.25, 0.3) is 5.91 Å². The van der Waals surface area contributed by atoms with E-state index in [1.165, 1.54) is 35.3 Å². The van der Waals surface area contributed by atoms with Gasteiger partial charge >= 0.3 is 0 Å². The average molecular weight is 426 g/mol. The van der Waals surface area contributed by atoms with Crippen molar-refractivity contribution >= 4 is 46.6 Å². The third-order valence-electron chi connectivity index (χ3n) is 3.57. The fourth-order valence-corrected chi connectivity index (χ4v) is 3.95. The van der Waals surface area contributed by atoms with Gasteiger partial charge in [-0.3, -0.25) is 4.79 Å². The van der Waals surface area contributed by atoms with Crippen LogP contribution in [0.3, 0.4) is 0 Å². The van der Waals surface area contributed by atoms with Gasteiger partial charge in [-0.1, -0.05) is 72.9 Å². The number of amides is 1. The van der Waals surface area contributed by atoms with Crippen LogP contribution in [0.25, 0.3) is 5.57 Å². The lowest BCUT2D eigenvalue weighted by Crippen LogP contribution is -2.27. The first-order valence-electron chi connectivity index (χ1n) is 8.10. The minimum Gasteiger partial charge on any atom is -0.512 e. The van der Waals surface area contributed by atoms with E-state index in [1.54, 1.807) is 37.4 Å². The van der Waals surface area contributed by atoms with Gasteiger partial charge in [0, 0.05) is 17.7 Å². The number of hydrogen-bond acceptors (Lipinski definition) is 5. The van der Waals surface area contributed by atoms with E-state index in [9.17, 15) is 15.0 Å². The molecule has 0 saturated carbocycles. The molecule has 7 heteroatoms. The molecule has 0 bridgehead atoms. The van der Waals surface area contributed by atoms with Crippen LogP contribution in [0.4, 0.5) is 0 Å². The van der Waals surface area contributed by atoms with Crippen LogP contribution in [0.5, 0.6) is 0 Å². The molecule has 4 nitrogen and oxygen atoms in total. The van der Waals surface area contributed by atoms with E-state index in [2.05, 4.69) is 13.2 Å². The smallest absolute Gasteiger partial charge is 0.262 e. The number of thioether (sulfide) groups is 2. The molecule has 0 heterocycles. The Balaban J connectivity index is 2.82. The highest BCUT2D eigenvalue weighted by molar-refractivity contribution is 8.08. The van der Waals surface area contributed by atoms with E-state index in [0.717, 1.165) is 0 Å². The van der Waals surface area contributed by atoms with Crippen molar-refractivity contribution in [2.75, 3.05) is 12.8 Å². The van der Waals surface area contributed by atoms with Gasteiger partial charge in [-0.15, -0.1) is 11.8 Å². The largest absolute Gasteiger partial charge is 0.512 e. The van der Waals surface area contributed by atoms with Crippen LogP contribution in [-0.2, 0) is 4.79 Å². The summed E-state index contributed by atoms with van der Waals surface area (Å²) in [5.41, 5.74) is 0.837. The van der Waals surface area contributed by atoms with E-state index >= 15 is 0 Å². The second-order valence-corrected chi connectivity index (χ2v) is 8.50. The van der Waals surface area contributed by atoms with Crippen molar-refractivity contribution in [1.82, 2.24) is 4.90 Å². The normalized spacial score (nSPS) is 13.6. The first-order chi connectivity index (χ1) is 12.7. The predicted octanol–water partition coefficient (Wildman–Crippen LogP) is 5.35. The number of benzene rings is 1. The maximum Gasteiger partial charge on any atom is 0.262 e. The number of halogens is 1. The molecule has 146 valence electrons. The predicted molar refractivity (Wildman–Crippen MR) is 118 cm³/mol. The lowest BCUT2D eigenvalue weighted by atomic mass is 10.0. The number of carbonyl (C=O) groups is 1. The van der Waals surface area contributed by atoms with E-state index in [0.29, 0.717) is 25.6 Å². The minimum atomic E-state index is -0.760. The second kappa shape index (κ2) is 11.3. The molecule has 0 fully saturated rings. The van der Waals surface area contributed by atoms with Crippen molar-refractivity contribution in [2.45, 2.75) is 20.0 Å². The Labute approximate surface area is 174 Å². The van der Waals surface area contributed by atoms with E-state index in [-0.39, 0.29) is 17.2 Å². The second-order valence-electron chi connectivity index (χ2n) is 5.56. The molecule has 0 aliphatic rings. The quantitative estimate of drug-likeness (QED) is 0.412. The standard InChI is InChI=1S/C20H24ClNO3S2/c1-6-18(27-14(3)21)17(24)12-26-15(4)22(5)20(25)19(13(2)23)16-10-8-7-9-11-16/h6-11,17,23-24H,3-4,12H2,1-2,5H3/b18-6-,19-13+. The average Bonchev–Trinajstić information content (AvgIpc) is 2.63. The molecule has 1 aromatic carbocycles. The molecule has 0 spiro atoms. The number of aliphatic hydroxyl groups excluding tert-OH is 2. The minimum absolute atomic E-state index is 0.0656. The summed E-state index contributed by atoms with van der Waals surface area (Å²) in [5.74, 6) is -0.137. The third-order valence-corrected chi connectivity index (χ3v) is 5.85. The molecule has 0 aromatic heterocycles. The number of hydrogen-bond donors (Lipinski definition) is 2. The molecule has 0 radical (unpaired) electrons. The summed E-state index contributed by atoms with van der Waals surface area (Å²) >= 11 is 8.23. The van der Waals surface area contributed by atoms with Crippen molar-refractivity contribution in [3.8, 4) is 0 Å². The first-order valence-corrected chi connectivity index (χ1v) is 10.3. The fraction of sp³-hybridized carbons (Fsp3) is 0.250. The van der Waals surface area contributed by atoms with Crippen LogP contribution >= 0.6 is 35.1 Å². The van der Waals surface area contributed by atoms with E-state index < -0.39 is 6.10 Å². The summed E-state index contributed by atoms with van der Waals surface area (Å²) in [6.45, 7) is 10.8. The summed E-state index contributed by atoms with van der Waals surface area (Å²) in [6.07, 6.45) is 1.01. The summed E-state index contributed by atoms with van der Waals surface area (Å²) in [5, 5.41) is 20.8. The Bertz CT molecular complexity index is 756. The lowest BCUT2D eigenvalue weighted by Gasteiger charge is -2.22. The molecule has 2 N–H and O–H groups in total. The van der Waals surface area contributed by atoms with Gasteiger partial charge in [-0.05, 0) is 19.4 Å². The molecule has 1 aromatic rings. The summed E-state index contributed by atoms with van der Waals surface area (Å²) in [4.78, 5) is 14.9. The van der Waals surface area contributed by atoms with E-state index in [4.69, 9.17) is 11.6 Å². The number of allylic oxidation sites excluding steroid dienone is 2. The molecule has 0 aliphatic carbocycles. The Morgan fingerprint density at radius 3 is 2.41 bits per heavy atom. The number of rotatable bonds is 9. The number of aliphatic hydroxyl groups is 2. The first kappa shape index (κ1) is 23.4. The zero-order chi connectivity index (χ0) is 20.6. The molecule has 27 heavy (non-hydrogen) atoms. The number of carbonyl (C=O) groups excluding carboxylic acids is 1. The van der Waals surface area contributed by atoms with Gasteiger partial charge < -0.3 is 15.1 Å². The van der Waals surface area contributed by atoms with Gasteiger partial charge in [0.2, 0.25) is 0 Å². The van der Waals surface area contributed by atoms with Crippen LogP contribution in [0.15, 0.2) is 69.6 Å². The van der Waals surface area contributed by atoms with Crippen LogP contribution < -0.4 is 0 Å². The van der Waals surface area contributed by atoms with Crippen LogP contribution in [0.2, 0.25) is 0 Å². The SMILES string of the molecule is C=C(Cl)S/C(=C\C)C(O)CSC(=C)N(C)C(=O)/C(=C(\C)O)c1ccccc1. The monoisotopic (exact) mass is 425 g/mol. The Hall–Kier alpha value is -1.60. The maximum absolute atomic E-state index is 12.8. The summed E-state index contributed by atoms with van der Waals surface area (Å²) in [6, 6.07) is 8.95. The molecule has 1 unspecified atom stereocenters. The Morgan fingerprint density at radius 2 is 1.93 bits per heavy atom. The van der Waals surface area contributed by atoms with Crippen molar-refractivity contribution in [2.24, 2.45) is 0 Å². The highest BCUT2D eigenvalue weighted by atomic mass is 35.5. The van der Waals surface area contributed by atoms with Gasteiger partial charge in [-0.2, -0.15) is 0 Å². The molecule has 0 saturated heterocycles. The summed E-state index contributed by atoms with van der Waals surface area (Å²) in [7, 11) is 1.59. The van der Waals surface area contributed by atoms with Gasteiger partial charge in [-0.25, -0.2) is 0 Å². The van der Waals surface area contributed by atoms with Gasteiger partial charge in [0.05, 0.1) is 21.1 Å². The van der Waals surface area contributed by atoms with Crippen molar-refractivity contribution in [3.63, 3.8) is 0 Å². The highest BCUT2D eigenvalue weighted by Crippen LogP contribution is 2.32. The van der Waals surface area contributed by atoms with Crippen LogP contribution in [-0.4, -0.2) is 39.9 Å². The Morgan fingerprint density at radius 1 is 1.33 bits per heavy atom. The van der Waals surface area contributed by atoms with Crippen molar-refractivity contribution in [3.05, 3.63) is 75.2 Å². The topological polar surface area (TPSA) is 60.8 Å². The number of likely N-dealkylation sites (N-methyl/N-ethyl adjacent to an activating group) is 1. The van der Waals surface area contributed by atoms with Crippen molar-refractivity contribution in [1.29, 1.82) is 0 Å². The van der Waals surface area contributed by atoms with Crippen molar-refractivity contribution < 1.29 is 15.0 Å². The van der Waals surface area contributed by atoms with Gasteiger partial charge in [0.15, 0.2) is 0 Å². The van der Waals surface area contributed by atoms with E-state index in [1.807, 2.05) is 13.0 Å². The molecule has 1 atom stereocenters. The Kier molecular flexibility index (Phi) is 9.80. The zero-order valence-corrected chi connectivity index (χ0v) is 18.0. The van der Waals surface area contributed by atoms with Crippen LogP contribution in [0, 0.1) is 0 Å². The lowest BCUT2D eigenvalue weighted by molar-refractivity contribution is -0.121.